The third-order valence-corrected chi connectivity index (χ3v) is 14.5. The van der Waals surface area contributed by atoms with Gasteiger partial charge in [-0.2, -0.15) is 0 Å². The van der Waals surface area contributed by atoms with Crippen molar-refractivity contribution in [2.45, 2.75) is 165 Å². The molecule has 0 aromatic heterocycles. The summed E-state index contributed by atoms with van der Waals surface area (Å²) in [5, 5.41) is 0. The summed E-state index contributed by atoms with van der Waals surface area (Å²) in [4.78, 5) is 99.1. The standard InChI is InChI=1S/C65H74O19/c1-31-21-35(5)50(36(6)22-31)60(69)75-30-49-55(81-61(70)51-37(7)23-32(2)24-38(51)8)56(82-62(71)52-39(9)25-33(3)26-40(52)10)59(83-63(72)53-41(11)27-34(4)28-42(53)12)65(80-49)84-57-54(76-44(14)67)48(29-74-43(13)66)79-64(58(57)77-45(15)68)78-47-19-17-46(73-16)18-20-47/h17-28,48-49,54-59,64-65H,29-30H2,1-16H3/t48-,49-,54+,55+,56+,57+,58-,59-,64-,65+/m1/s1. The first-order valence-corrected chi connectivity index (χ1v) is 27.5. The van der Waals surface area contributed by atoms with Gasteiger partial charge in [-0.25, -0.2) is 19.2 Å². The Morgan fingerprint density at radius 2 is 0.690 bits per heavy atom. The first-order chi connectivity index (χ1) is 39.6. The van der Waals surface area contributed by atoms with E-state index in [1.165, 1.54) is 7.11 Å². The minimum atomic E-state index is -2.04. The molecule has 0 spiro atoms. The molecule has 0 aliphatic carbocycles. The topological polar surface area (TPSA) is 230 Å². The van der Waals surface area contributed by atoms with Crippen molar-refractivity contribution in [1.29, 1.82) is 0 Å². The Morgan fingerprint density at radius 3 is 1.08 bits per heavy atom. The van der Waals surface area contributed by atoms with Crippen LogP contribution in [0.2, 0.25) is 0 Å². The average Bonchev–Trinajstić information content (AvgIpc) is 1.49. The maximum absolute atomic E-state index is 15.2. The van der Waals surface area contributed by atoms with E-state index in [1.54, 1.807) is 116 Å². The predicted octanol–water partition coefficient (Wildman–Crippen LogP) is 9.57. The number of carbonyl (C=O) groups is 7. The van der Waals surface area contributed by atoms with E-state index in [4.69, 9.17) is 56.8 Å². The number of rotatable bonds is 18. The van der Waals surface area contributed by atoms with Crippen LogP contribution in [0.3, 0.4) is 0 Å². The highest BCUT2D eigenvalue weighted by Gasteiger charge is 2.59. The molecule has 2 aliphatic rings. The highest BCUT2D eigenvalue weighted by Crippen LogP contribution is 2.38. The van der Waals surface area contributed by atoms with E-state index >= 15 is 14.4 Å². The van der Waals surface area contributed by atoms with Gasteiger partial charge in [0.05, 0.1) is 29.4 Å². The molecule has 5 aromatic carbocycles. The zero-order valence-electron chi connectivity index (χ0n) is 50.4. The average molecular weight is 1160 g/mol. The Balaban J connectivity index is 1.49. The van der Waals surface area contributed by atoms with Crippen LogP contribution >= 0.6 is 0 Å². The molecule has 0 unspecified atom stereocenters. The summed E-state index contributed by atoms with van der Waals surface area (Å²) in [5.74, 6) is -5.50. The summed E-state index contributed by atoms with van der Waals surface area (Å²) >= 11 is 0. The molecule has 0 bridgehead atoms. The summed E-state index contributed by atoms with van der Waals surface area (Å²) in [5.41, 5.74) is 8.41. The van der Waals surface area contributed by atoms with Crippen molar-refractivity contribution < 1.29 is 90.4 Å². The van der Waals surface area contributed by atoms with Gasteiger partial charge in [0.1, 0.15) is 43.0 Å². The van der Waals surface area contributed by atoms with E-state index in [0.29, 0.717) is 50.3 Å². The number of hydrogen-bond donors (Lipinski definition) is 0. The second kappa shape index (κ2) is 27.1. The molecular formula is C65H74O19. The van der Waals surface area contributed by atoms with E-state index < -0.39 is 116 Å². The van der Waals surface area contributed by atoms with Crippen molar-refractivity contribution in [3.8, 4) is 11.5 Å². The first-order valence-electron chi connectivity index (χ1n) is 27.5. The summed E-state index contributed by atoms with van der Waals surface area (Å²) in [6, 6.07) is 20.6. The number of benzene rings is 5. The van der Waals surface area contributed by atoms with Crippen molar-refractivity contribution in [1.82, 2.24) is 0 Å². The minimum absolute atomic E-state index is 0.116. The molecule has 0 amide bonds. The lowest BCUT2D eigenvalue weighted by Crippen LogP contribution is -2.68. The number of esters is 7. The Labute approximate surface area is 489 Å². The monoisotopic (exact) mass is 1160 g/mol. The van der Waals surface area contributed by atoms with Crippen molar-refractivity contribution in [3.05, 3.63) is 162 Å². The molecule has 448 valence electrons. The fraction of sp³-hybridized carbons (Fsp3) is 0.431. The van der Waals surface area contributed by atoms with Gasteiger partial charge in [0.2, 0.25) is 6.29 Å². The van der Waals surface area contributed by atoms with Crippen molar-refractivity contribution in [2.75, 3.05) is 20.3 Å². The molecule has 19 heteroatoms. The van der Waals surface area contributed by atoms with Crippen LogP contribution in [-0.2, 0) is 61.8 Å². The van der Waals surface area contributed by atoms with E-state index in [0.717, 1.165) is 43.0 Å². The quantitative estimate of drug-likeness (QED) is 0.0587. The lowest BCUT2D eigenvalue weighted by Gasteiger charge is -2.48. The molecule has 5 aromatic rings. The normalized spacial score (nSPS) is 22.0. The summed E-state index contributed by atoms with van der Waals surface area (Å²) in [7, 11) is 1.48. The third-order valence-electron chi connectivity index (χ3n) is 14.5. The molecule has 2 heterocycles. The smallest absolute Gasteiger partial charge is 0.339 e. The number of hydrogen-bond acceptors (Lipinski definition) is 19. The van der Waals surface area contributed by atoms with Gasteiger partial charge in [-0.1, -0.05) is 70.8 Å². The fourth-order valence-electron chi connectivity index (χ4n) is 11.4. The Hall–Kier alpha value is -8.13. The highest BCUT2D eigenvalue weighted by molar-refractivity contribution is 5.95. The van der Waals surface area contributed by atoms with Gasteiger partial charge in [0.25, 0.3) is 0 Å². The van der Waals surface area contributed by atoms with Crippen LogP contribution in [0.25, 0.3) is 0 Å². The van der Waals surface area contributed by atoms with Crippen molar-refractivity contribution >= 4 is 41.8 Å². The summed E-state index contributed by atoms with van der Waals surface area (Å²) in [6.45, 7) is 23.3. The van der Waals surface area contributed by atoms with Gasteiger partial charge >= 0.3 is 41.8 Å². The molecule has 19 nitrogen and oxygen atoms in total. The molecule has 0 radical (unpaired) electrons. The number of aryl methyl sites for hydroxylation is 12. The van der Waals surface area contributed by atoms with Crippen LogP contribution in [0.5, 0.6) is 11.5 Å². The molecule has 10 atom stereocenters. The molecule has 0 N–H and O–H groups in total. The summed E-state index contributed by atoms with van der Waals surface area (Å²) in [6.07, 6.45) is -17.7. The second-order valence-electron chi connectivity index (χ2n) is 21.7. The van der Waals surface area contributed by atoms with E-state index in [-0.39, 0.29) is 28.0 Å². The number of carbonyl (C=O) groups excluding carboxylic acids is 7. The second-order valence-corrected chi connectivity index (χ2v) is 21.7. The lowest BCUT2D eigenvalue weighted by atomic mass is 9.94. The SMILES string of the molecule is COc1ccc(O[C@@H]2O[C@H](COC(C)=O)[C@H](OC(C)=O)[C@H](O[C@@H]3O[C@H](COC(=O)c4c(C)cc(C)cc4C)[C@H](OC(=O)c4c(C)cc(C)cc4C)[C@H](OC(=O)c4c(C)cc(C)cc4C)[C@H]3OC(=O)c3c(C)cc(C)cc3C)[C@H]2OC(C)=O)cc1. The molecule has 84 heavy (non-hydrogen) atoms. The maximum atomic E-state index is 15.2. The van der Waals surface area contributed by atoms with Crippen LogP contribution in [0, 0.1) is 83.1 Å². The molecular weight excluding hydrogens is 1080 g/mol. The van der Waals surface area contributed by atoms with E-state index in [9.17, 15) is 19.2 Å². The van der Waals surface area contributed by atoms with Crippen LogP contribution < -0.4 is 9.47 Å². The fourth-order valence-corrected chi connectivity index (χ4v) is 11.4. The van der Waals surface area contributed by atoms with Crippen molar-refractivity contribution in [2.24, 2.45) is 0 Å². The maximum Gasteiger partial charge on any atom is 0.339 e. The van der Waals surface area contributed by atoms with Gasteiger partial charge in [-0.15, -0.1) is 0 Å². The lowest BCUT2D eigenvalue weighted by molar-refractivity contribution is -0.352. The van der Waals surface area contributed by atoms with Crippen LogP contribution in [-0.4, -0.2) is 124 Å². The number of methoxy groups -OCH3 is 1. The van der Waals surface area contributed by atoms with Crippen LogP contribution in [0.1, 0.15) is 129 Å². The summed E-state index contributed by atoms with van der Waals surface area (Å²) < 4.78 is 75.3. The Kier molecular flexibility index (Phi) is 20.4. The molecule has 2 fully saturated rings. The highest BCUT2D eigenvalue weighted by atomic mass is 16.8. The van der Waals surface area contributed by atoms with Crippen LogP contribution in [0.15, 0.2) is 72.8 Å². The van der Waals surface area contributed by atoms with Gasteiger partial charge in [-0.3, -0.25) is 14.4 Å². The molecule has 2 aliphatic heterocycles. The first kappa shape index (κ1) is 63.5. The van der Waals surface area contributed by atoms with E-state index in [2.05, 4.69) is 0 Å². The van der Waals surface area contributed by atoms with E-state index in [1.807, 2.05) is 39.8 Å². The molecule has 0 saturated carbocycles. The minimum Gasteiger partial charge on any atom is -0.497 e. The van der Waals surface area contributed by atoms with Crippen LogP contribution in [0.4, 0.5) is 0 Å². The largest absolute Gasteiger partial charge is 0.497 e. The van der Waals surface area contributed by atoms with Gasteiger partial charge in [0, 0.05) is 20.8 Å². The Bertz CT molecular complexity index is 3230. The Morgan fingerprint density at radius 1 is 0.369 bits per heavy atom. The van der Waals surface area contributed by atoms with Gasteiger partial charge in [-0.05, 0) is 152 Å². The zero-order valence-corrected chi connectivity index (χ0v) is 50.4. The van der Waals surface area contributed by atoms with Crippen molar-refractivity contribution in [3.63, 3.8) is 0 Å². The number of ether oxygens (including phenoxy) is 12. The third kappa shape index (κ3) is 15.0. The van der Waals surface area contributed by atoms with Gasteiger partial charge < -0.3 is 56.8 Å². The molecule has 2 saturated heterocycles. The van der Waals surface area contributed by atoms with Gasteiger partial charge in [0.15, 0.2) is 36.8 Å². The predicted molar refractivity (Wildman–Crippen MR) is 304 cm³/mol. The zero-order chi connectivity index (χ0) is 61.6. The molecule has 7 rings (SSSR count).